The molecule has 0 spiro atoms. The molecule has 0 aliphatic heterocycles. The average molecular weight is 316 g/mol. The molecule has 4 saturated carbocycles. The number of amides is 2. The highest BCUT2D eigenvalue weighted by Gasteiger charge is 2.51. The van der Waals surface area contributed by atoms with Crippen molar-refractivity contribution in [3.63, 3.8) is 0 Å². The van der Waals surface area contributed by atoms with Gasteiger partial charge in [-0.25, -0.2) is 0 Å². The van der Waals surface area contributed by atoms with Crippen LogP contribution in [0.25, 0.3) is 0 Å². The number of carbonyl (C=O) groups excluding carboxylic acids is 2. The number of carbonyl (C=O) groups is 2. The van der Waals surface area contributed by atoms with E-state index < -0.39 is 0 Å². The van der Waals surface area contributed by atoms with Crippen molar-refractivity contribution in [1.82, 2.24) is 10.9 Å². The highest BCUT2D eigenvalue weighted by atomic mass is 16.2. The molecule has 0 radical (unpaired) electrons. The Kier molecular flexibility index (Phi) is 3.94. The average Bonchev–Trinajstić information content (AvgIpc) is 2.51. The Morgan fingerprint density at radius 1 is 0.957 bits per heavy atom. The predicted molar refractivity (Wildman–Crippen MR) is 88.0 cm³/mol. The van der Waals surface area contributed by atoms with E-state index >= 15 is 0 Å². The Morgan fingerprint density at radius 3 is 2.17 bits per heavy atom. The summed E-state index contributed by atoms with van der Waals surface area (Å²) in [6, 6.07) is 0. The van der Waals surface area contributed by atoms with Crippen molar-refractivity contribution >= 4 is 11.8 Å². The molecule has 0 aromatic carbocycles. The molecule has 4 nitrogen and oxygen atoms in total. The molecule has 0 heterocycles. The molecule has 4 bridgehead atoms. The lowest BCUT2D eigenvalue weighted by molar-refractivity contribution is -0.135. The van der Waals surface area contributed by atoms with E-state index in [1.807, 2.05) is 0 Å². The lowest BCUT2D eigenvalue weighted by Gasteiger charge is -2.56. The fraction of sp³-hybridized carbons (Fsp3) is 0.789. The van der Waals surface area contributed by atoms with Gasteiger partial charge in [-0.2, -0.15) is 0 Å². The summed E-state index contributed by atoms with van der Waals surface area (Å²) in [7, 11) is 0. The van der Waals surface area contributed by atoms with Crippen LogP contribution in [0.5, 0.6) is 0 Å². The van der Waals surface area contributed by atoms with Crippen LogP contribution >= 0.6 is 0 Å². The molecule has 0 saturated heterocycles. The summed E-state index contributed by atoms with van der Waals surface area (Å²) in [4.78, 5) is 24.5. The molecular formula is C19H28N2O2. The summed E-state index contributed by atoms with van der Waals surface area (Å²) in [6.45, 7) is 0. The summed E-state index contributed by atoms with van der Waals surface area (Å²) in [6.07, 6.45) is 15.3. The van der Waals surface area contributed by atoms with Gasteiger partial charge in [0.15, 0.2) is 0 Å². The third-order valence-electron chi connectivity index (χ3n) is 6.67. The summed E-state index contributed by atoms with van der Waals surface area (Å²) in [5.74, 6) is 2.56. The van der Waals surface area contributed by atoms with Crippen LogP contribution in [0.3, 0.4) is 0 Å². The van der Waals surface area contributed by atoms with Crippen molar-refractivity contribution in [2.24, 2.45) is 29.1 Å². The lowest BCUT2D eigenvalue weighted by Crippen LogP contribution is -2.50. The van der Waals surface area contributed by atoms with Gasteiger partial charge in [-0.1, -0.05) is 12.2 Å². The molecule has 4 heteroatoms. The summed E-state index contributed by atoms with van der Waals surface area (Å²) < 4.78 is 0. The van der Waals surface area contributed by atoms with Gasteiger partial charge in [-0.05, 0) is 81.0 Å². The Bertz CT molecular complexity index is 490. The van der Waals surface area contributed by atoms with E-state index in [1.54, 1.807) is 0 Å². The molecule has 1 unspecified atom stereocenters. The van der Waals surface area contributed by atoms with Crippen molar-refractivity contribution in [2.75, 3.05) is 0 Å². The van der Waals surface area contributed by atoms with Crippen LogP contribution in [0.1, 0.15) is 64.2 Å². The molecule has 2 N–H and O–H groups in total. The Morgan fingerprint density at radius 2 is 1.61 bits per heavy atom. The lowest BCUT2D eigenvalue weighted by atomic mass is 9.49. The number of rotatable bonds is 3. The molecule has 5 aliphatic carbocycles. The van der Waals surface area contributed by atoms with Crippen LogP contribution in [0, 0.1) is 29.1 Å². The third kappa shape index (κ3) is 3.17. The quantitative estimate of drug-likeness (QED) is 0.621. The maximum atomic E-state index is 12.4. The molecule has 2 amide bonds. The van der Waals surface area contributed by atoms with Crippen molar-refractivity contribution < 1.29 is 9.59 Å². The Balaban J connectivity index is 1.28. The first-order valence-electron chi connectivity index (χ1n) is 9.36. The number of hydrazine groups is 1. The fourth-order valence-corrected chi connectivity index (χ4v) is 6.16. The van der Waals surface area contributed by atoms with Gasteiger partial charge >= 0.3 is 0 Å². The minimum absolute atomic E-state index is 0.00616. The minimum atomic E-state index is -0.0341. The van der Waals surface area contributed by atoms with Crippen LogP contribution < -0.4 is 10.9 Å². The van der Waals surface area contributed by atoms with Gasteiger partial charge in [-0.15, -0.1) is 0 Å². The van der Waals surface area contributed by atoms with Gasteiger partial charge in [0.25, 0.3) is 0 Å². The van der Waals surface area contributed by atoms with E-state index in [4.69, 9.17) is 0 Å². The second-order valence-corrected chi connectivity index (χ2v) is 8.61. The highest BCUT2D eigenvalue weighted by molar-refractivity contribution is 5.83. The number of hydrogen-bond donors (Lipinski definition) is 2. The number of allylic oxidation sites excluding steroid dienone is 2. The normalized spacial score (nSPS) is 40.9. The molecule has 0 aromatic heterocycles. The van der Waals surface area contributed by atoms with E-state index in [1.165, 1.54) is 38.5 Å². The molecular weight excluding hydrogens is 288 g/mol. The largest absolute Gasteiger partial charge is 0.273 e. The fourth-order valence-electron chi connectivity index (χ4n) is 6.16. The van der Waals surface area contributed by atoms with Crippen LogP contribution in [-0.4, -0.2) is 11.8 Å². The molecule has 126 valence electrons. The molecule has 5 rings (SSSR count). The van der Waals surface area contributed by atoms with Crippen LogP contribution in [0.4, 0.5) is 0 Å². The topological polar surface area (TPSA) is 58.2 Å². The monoisotopic (exact) mass is 316 g/mol. The van der Waals surface area contributed by atoms with E-state index in [-0.39, 0.29) is 23.1 Å². The smallest absolute Gasteiger partial charge is 0.241 e. The van der Waals surface area contributed by atoms with Gasteiger partial charge in [0.2, 0.25) is 11.8 Å². The van der Waals surface area contributed by atoms with Gasteiger partial charge in [0, 0.05) is 12.3 Å². The van der Waals surface area contributed by atoms with Crippen molar-refractivity contribution in [2.45, 2.75) is 64.2 Å². The van der Waals surface area contributed by atoms with Gasteiger partial charge in [-0.3, -0.25) is 20.4 Å². The summed E-state index contributed by atoms with van der Waals surface area (Å²) in [5, 5.41) is 0. The molecule has 4 fully saturated rings. The number of hydrogen-bond acceptors (Lipinski definition) is 2. The highest BCUT2D eigenvalue weighted by Crippen LogP contribution is 2.61. The maximum absolute atomic E-state index is 12.4. The first-order valence-corrected chi connectivity index (χ1v) is 9.36. The second-order valence-electron chi connectivity index (χ2n) is 8.61. The van der Waals surface area contributed by atoms with Gasteiger partial charge in [0.1, 0.15) is 0 Å². The zero-order chi connectivity index (χ0) is 15.9. The van der Waals surface area contributed by atoms with Crippen LogP contribution in [0.15, 0.2) is 12.2 Å². The van der Waals surface area contributed by atoms with Gasteiger partial charge in [0.05, 0.1) is 0 Å². The van der Waals surface area contributed by atoms with Crippen molar-refractivity contribution in [1.29, 1.82) is 0 Å². The van der Waals surface area contributed by atoms with Crippen LogP contribution in [-0.2, 0) is 9.59 Å². The van der Waals surface area contributed by atoms with E-state index in [0.29, 0.717) is 6.42 Å². The standard InChI is InChI=1S/C19H28N2O2/c22-17(20-21-18(23)16-4-2-1-3-5-16)12-19-9-13-6-14(10-19)8-15(7-13)11-19/h1-2,13-16H,3-12H2,(H,20,22)(H,21,23). The van der Waals surface area contributed by atoms with Crippen molar-refractivity contribution in [3.8, 4) is 0 Å². The number of nitrogens with one attached hydrogen (secondary N) is 2. The SMILES string of the molecule is O=C(CC12CC3CC(CC(C3)C1)C2)NNC(=O)C1CC=CCC1. The molecule has 0 aromatic rings. The van der Waals surface area contributed by atoms with E-state index in [9.17, 15) is 9.59 Å². The van der Waals surface area contributed by atoms with E-state index in [0.717, 1.165) is 37.0 Å². The zero-order valence-electron chi connectivity index (χ0n) is 13.9. The minimum Gasteiger partial charge on any atom is -0.273 e. The van der Waals surface area contributed by atoms with Crippen LogP contribution in [0.2, 0.25) is 0 Å². The zero-order valence-corrected chi connectivity index (χ0v) is 13.9. The van der Waals surface area contributed by atoms with E-state index in [2.05, 4.69) is 23.0 Å². The second kappa shape index (κ2) is 5.95. The maximum Gasteiger partial charge on any atom is 0.241 e. The van der Waals surface area contributed by atoms with Gasteiger partial charge < -0.3 is 0 Å². The Hall–Kier alpha value is -1.32. The summed E-state index contributed by atoms with van der Waals surface area (Å²) >= 11 is 0. The molecule has 23 heavy (non-hydrogen) atoms. The molecule has 1 atom stereocenters. The first-order chi connectivity index (χ1) is 11.1. The third-order valence-corrected chi connectivity index (χ3v) is 6.67. The predicted octanol–water partition coefficient (Wildman–Crippen LogP) is 3.10. The molecule has 5 aliphatic rings. The first kappa shape index (κ1) is 15.2. The summed E-state index contributed by atoms with van der Waals surface area (Å²) in [5.41, 5.74) is 5.59. The Labute approximate surface area is 138 Å². The van der Waals surface area contributed by atoms with Crippen molar-refractivity contribution in [3.05, 3.63) is 12.2 Å².